The van der Waals surface area contributed by atoms with E-state index in [1.807, 2.05) is 12.3 Å². The molecule has 1 N–H and O–H groups in total. The van der Waals surface area contributed by atoms with Crippen molar-refractivity contribution in [2.75, 3.05) is 13.1 Å². The maximum absolute atomic E-state index is 12.8. The highest BCUT2D eigenvalue weighted by atomic mass is 32.2. The Balaban J connectivity index is 2.28. The average molecular weight is 316 g/mol. The van der Waals surface area contributed by atoms with Crippen molar-refractivity contribution >= 4 is 21.4 Å². The normalized spacial score (nSPS) is 17.8. The van der Waals surface area contributed by atoms with E-state index in [-0.39, 0.29) is 0 Å². The Morgan fingerprint density at radius 1 is 1.30 bits per heavy atom. The van der Waals surface area contributed by atoms with Gasteiger partial charge < -0.3 is 5.32 Å². The van der Waals surface area contributed by atoms with E-state index < -0.39 is 10.0 Å². The molecule has 0 atom stereocenters. The van der Waals surface area contributed by atoms with Gasteiger partial charge in [0, 0.05) is 30.6 Å². The standard InChI is InChI=1S/C14H24N2O2S2/c1-11(2)15-9-13-14(12(3)10-19-13)20(17,18)16-7-5-4-6-8-16/h10-11,15H,4-9H2,1-3H3. The number of hydrogen-bond acceptors (Lipinski definition) is 4. The molecule has 0 saturated carbocycles. The molecule has 1 saturated heterocycles. The smallest absolute Gasteiger partial charge is 0.244 e. The molecule has 6 heteroatoms. The fraction of sp³-hybridized carbons (Fsp3) is 0.714. The molecular formula is C14H24N2O2S2. The predicted molar refractivity (Wildman–Crippen MR) is 83.6 cm³/mol. The van der Waals surface area contributed by atoms with Crippen molar-refractivity contribution < 1.29 is 8.42 Å². The van der Waals surface area contributed by atoms with Crippen LogP contribution in [0.4, 0.5) is 0 Å². The lowest BCUT2D eigenvalue weighted by Crippen LogP contribution is -2.36. The zero-order chi connectivity index (χ0) is 14.8. The second-order valence-corrected chi connectivity index (χ2v) is 8.51. The SMILES string of the molecule is Cc1csc(CNC(C)C)c1S(=O)(=O)N1CCCCC1. The van der Waals surface area contributed by atoms with Gasteiger partial charge in [-0.1, -0.05) is 20.3 Å². The summed E-state index contributed by atoms with van der Waals surface area (Å²) in [4.78, 5) is 1.47. The molecule has 0 aromatic carbocycles. The van der Waals surface area contributed by atoms with Crippen LogP contribution in [-0.2, 0) is 16.6 Å². The van der Waals surface area contributed by atoms with Gasteiger partial charge in [-0.2, -0.15) is 4.31 Å². The number of nitrogens with one attached hydrogen (secondary N) is 1. The first kappa shape index (κ1) is 15.9. The van der Waals surface area contributed by atoms with Gasteiger partial charge in [0.1, 0.15) is 4.90 Å². The van der Waals surface area contributed by atoms with Crippen molar-refractivity contribution in [3.63, 3.8) is 0 Å². The third-order valence-electron chi connectivity index (χ3n) is 3.57. The van der Waals surface area contributed by atoms with Gasteiger partial charge in [0.2, 0.25) is 10.0 Å². The highest BCUT2D eigenvalue weighted by Crippen LogP contribution is 2.30. The van der Waals surface area contributed by atoms with E-state index in [2.05, 4.69) is 19.2 Å². The highest BCUT2D eigenvalue weighted by molar-refractivity contribution is 7.89. The third kappa shape index (κ3) is 3.42. The average Bonchev–Trinajstić information content (AvgIpc) is 2.79. The van der Waals surface area contributed by atoms with Gasteiger partial charge in [-0.15, -0.1) is 11.3 Å². The van der Waals surface area contributed by atoms with Crippen LogP contribution < -0.4 is 5.32 Å². The van der Waals surface area contributed by atoms with Crippen LogP contribution in [0.25, 0.3) is 0 Å². The summed E-state index contributed by atoms with van der Waals surface area (Å²) in [6.45, 7) is 7.98. The molecular weight excluding hydrogens is 292 g/mol. The molecule has 0 spiro atoms. The third-order valence-corrected chi connectivity index (χ3v) is 6.94. The Morgan fingerprint density at radius 2 is 1.95 bits per heavy atom. The van der Waals surface area contributed by atoms with Crippen LogP contribution in [0.15, 0.2) is 10.3 Å². The molecule has 0 aliphatic carbocycles. The van der Waals surface area contributed by atoms with E-state index in [9.17, 15) is 8.42 Å². The number of rotatable bonds is 5. The van der Waals surface area contributed by atoms with Gasteiger partial charge in [-0.25, -0.2) is 8.42 Å². The number of hydrogen-bond donors (Lipinski definition) is 1. The van der Waals surface area contributed by atoms with Crippen LogP contribution in [0.3, 0.4) is 0 Å². The Morgan fingerprint density at radius 3 is 2.55 bits per heavy atom. The molecule has 1 aromatic heterocycles. The minimum atomic E-state index is -3.32. The van der Waals surface area contributed by atoms with Crippen molar-refractivity contribution in [3.8, 4) is 0 Å². The van der Waals surface area contributed by atoms with Gasteiger partial charge in [0.05, 0.1) is 0 Å². The highest BCUT2D eigenvalue weighted by Gasteiger charge is 2.30. The topological polar surface area (TPSA) is 49.4 Å². The lowest BCUT2D eigenvalue weighted by atomic mass is 10.2. The molecule has 2 heterocycles. The quantitative estimate of drug-likeness (QED) is 0.908. The maximum Gasteiger partial charge on any atom is 0.244 e. The van der Waals surface area contributed by atoms with Crippen LogP contribution in [0, 0.1) is 6.92 Å². The van der Waals surface area contributed by atoms with Crippen LogP contribution in [0.1, 0.15) is 43.6 Å². The molecule has 1 fully saturated rings. The first-order valence-electron chi connectivity index (χ1n) is 7.23. The maximum atomic E-state index is 12.8. The Bertz CT molecular complexity index is 544. The molecule has 4 nitrogen and oxygen atoms in total. The molecule has 0 radical (unpaired) electrons. The molecule has 0 bridgehead atoms. The van der Waals surface area contributed by atoms with E-state index in [0.29, 0.717) is 30.6 Å². The Kier molecular flexibility index (Phi) is 5.23. The van der Waals surface area contributed by atoms with Crippen molar-refractivity contribution in [1.29, 1.82) is 0 Å². The summed E-state index contributed by atoms with van der Waals surface area (Å²) in [5.41, 5.74) is 0.876. The Hall–Kier alpha value is -0.430. The summed E-state index contributed by atoms with van der Waals surface area (Å²) in [7, 11) is -3.32. The van der Waals surface area contributed by atoms with E-state index >= 15 is 0 Å². The number of piperidine rings is 1. The minimum Gasteiger partial charge on any atom is -0.310 e. The van der Waals surface area contributed by atoms with E-state index in [1.54, 1.807) is 15.6 Å². The minimum absolute atomic E-state index is 0.350. The van der Waals surface area contributed by atoms with Crippen molar-refractivity contribution in [2.45, 2.75) is 57.5 Å². The van der Waals surface area contributed by atoms with Gasteiger partial charge in [-0.3, -0.25) is 0 Å². The molecule has 1 aliphatic rings. The molecule has 20 heavy (non-hydrogen) atoms. The summed E-state index contributed by atoms with van der Waals surface area (Å²) in [5.74, 6) is 0. The summed E-state index contributed by atoms with van der Waals surface area (Å²) in [6, 6.07) is 0.350. The van der Waals surface area contributed by atoms with Gasteiger partial charge >= 0.3 is 0 Å². The zero-order valence-corrected chi connectivity index (χ0v) is 14.1. The molecule has 2 rings (SSSR count). The summed E-state index contributed by atoms with van der Waals surface area (Å²) in [6.07, 6.45) is 3.08. The molecule has 0 amide bonds. The van der Waals surface area contributed by atoms with Gasteiger partial charge in [0.15, 0.2) is 0 Å². The first-order chi connectivity index (χ1) is 9.43. The van der Waals surface area contributed by atoms with Gasteiger partial charge in [-0.05, 0) is 30.7 Å². The summed E-state index contributed by atoms with van der Waals surface area (Å²) in [5, 5.41) is 5.27. The summed E-state index contributed by atoms with van der Waals surface area (Å²) < 4.78 is 27.3. The summed E-state index contributed by atoms with van der Waals surface area (Å²) >= 11 is 1.54. The van der Waals surface area contributed by atoms with Gasteiger partial charge in [0.25, 0.3) is 0 Å². The van der Waals surface area contributed by atoms with Crippen LogP contribution in [-0.4, -0.2) is 31.9 Å². The fourth-order valence-corrected chi connectivity index (χ4v) is 5.72. The van der Waals surface area contributed by atoms with Crippen molar-refractivity contribution in [2.24, 2.45) is 0 Å². The van der Waals surface area contributed by atoms with Crippen LogP contribution in [0.5, 0.6) is 0 Å². The number of aryl methyl sites for hydroxylation is 1. The molecule has 114 valence electrons. The lowest BCUT2D eigenvalue weighted by molar-refractivity contribution is 0.346. The second kappa shape index (κ2) is 6.56. The first-order valence-corrected chi connectivity index (χ1v) is 9.55. The largest absolute Gasteiger partial charge is 0.310 e. The second-order valence-electron chi connectivity index (χ2n) is 5.67. The van der Waals surface area contributed by atoms with Crippen LogP contribution >= 0.6 is 11.3 Å². The monoisotopic (exact) mass is 316 g/mol. The molecule has 1 aromatic rings. The fourth-order valence-electron chi connectivity index (χ4n) is 2.49. The number of thiophene rings is 1. The number of nitrogens with zero attached hydrogens (tertiary/aromatic N) is 1. The predicted octanol–water partition coefficient (Wildman–Crippen LogP) is 2.73. The number of sulfonamides is 1. The van der Waals surface area contributed by atoms with E-state index in [4.69, 9.17) is 0 Å². The van der Waals surface area contributed by atoms with Crippen molar-refractivity contribution in [1.82, 2.24) is 9.62 Å². The zero-order valence-electron chi connectivity index (χ0n) is 12.5. The molecule has 1 aliphatic heterocycles. The molecule has 0 unspecified atom stereocenters. The lowest BCUT2D eigenvalue weighted by Gasteiger charge is -2.26. The van der Waals surface area contributed by atoms with Crippen LogP contribution in [0.2, 0.25) is 0 Å². The Labute approximate surface area is 126 Å². The van der Waals surface area contributed by atoms with E-state index in [1.165, 1.54) is 0 Å². The van der Waals surface area contributed by atoms with Crippen molar-refractivity contribution in [3.05, 3.63) is 15.8 Å². The van der Waals surface area contributed by atoms with E-state index in [0.717, 1.165) is 29.7 Å².